The molecule has 0 aromatic rings. The Bertz CT molecular complexity index is 401. The van der Waals surface area contributed by atoms with Crippen LogP contribution in [0.4, 0.5) is 0 Å². The van der Waals surface area contributed by atoms with Crippen LogP contribution in [0.5, 0.6) is 0 Å². The van der Waals surface area contributed by atoms with Gasteiger partial charge in [-0.15, -0.1) is 0 Å². The van der Waals surface area contributed by atoms with E-state index in [4.69, 9.17) is 0 Å². The normalized spacial score (nSPS) is 17.0. The van der Waals surface area contributed by atoms with Crippen molar-refractivity contribution in [1.82, 2.24) is 0 Å². The molecule has 0 saturated heterocycles. The molecular formula is C36H72O6. The lowest BCUT2D eigenvalue weighted by Crippen LogP contribution is -1.95. The third-order valence-electron chi connectivity index (χ3n) is 7.04. The molecule has 0 aromatic heterocycles. The van der Waals surface area contributed by atoms with Crippen LogP contribution < -0.4 is 0 Å². The Morgan fingerprint density at radius 2 is 0.405 bits per heavy atom. The largest absolute Gasteiger partial charge is 0.466 e. The Morgan fingerprint density at radius 3 is 0.429 bits per heavy atom. The molecule has 4 aliphatic rings. The van der Waals surface area contributed by atoms with Gasteiger partial charge in [0.2, 0.25) is 0 Å². The molecule has 4 fully saturated rings. The highest BCUT2D eigenvalue weighted by Crippen LogP contribution is 2.17. The van der Waals surface area contributed by atoms with Crippen LogP contribution in [0.15, 0.2) is 0 Å². The van der Waals surface area contributed by atoms with E-state index in [1.54, 1.807) is 20.8 Å². The Kier molecular flexibility index (Phi) is 44.4. The van der Waals surface area contributed by atoms with Crippen LogP contribution in [-0.2, 0) is 28.6 Å². The van der Waals surface area contributed by atoms with E-state index in [9.17, 15) is 14.4 Å². The van der Waals surface area contributed by atoms with Gasteiger partial charge in [-0.3, -0.25) is 14.4 Å². The van der Waals surface area contributed by atoms with E-state index in [0.29, 0.717) is 19.8 Å². The van der Waals surface area contributed by atoms with Crippen molar-refractivity contribution in [3.8, 4) is 0 Å². The van der Waals surface area contributed by atoms with Crippen LogP contribution in [0.3, 0.4) is 0 Å². The van der Waals surface area contributed by atoms with Crippen LogP contribution in [0.2, 0.25) is 0 Å². The van der Waals surface area contributed by atoms with Crippen molar-refractivity contribution in [1.29, 1.82) is 0 Å². The maximum Gasteiger partial charge on any atom is 0.302 e. The molecule has 0 amide bonds. The van der Waals surface area contributed by atoms with E-state index >= 15 is 0 Å². The number of carbonyl (C=O) groups is 3. The molecule has 4 saturated carbocycles. The molecule has 4 rings (SSSR count). The van der Waals surface area contributed by atoms with E-state index in [2.05, 4.69) is 14.2 Å². The molecule has 0 atom stereocenters. The zero-order chi connectivity index (χ0) is 31.9. The summed E-state index contributed by atoms with van der Waals surface area (Å²) >= 11 is 0. The smallest absolute Gasteiger partial charge is 0.302 e. The van der Waals surface area contributed by atoms with Gasteiger partial charge >= 0.3 is 17.9 Å². The number of esters is 3. The highest BCUT2D eigenvalue weighted by atomic mass is 16.5. The Morgan fingerprint density at radius 1 is 0.310 bits per heavy atom. The Labute approximate surface area is 261 Å². The fraction of sp³-hybridized carbons (Fsp3) is 0.917. The third-order valence-corrected chi connectivity index (χ3v) is 7.04. The van der Waals surface area contributed by atoms with E-state index in [1.165, 1.54) is 175 Å². The second-order valence-electron chi connectivity index (χ2n) is 11.3. The van der Waals surface area contributed by atoms with Gasteiger partial charge in [0, 0.05) is 20.8 Å². The zero-order valence-electron chi connectivity index (χ0n) is 29.0. The average molecular weight is 601 g/mol. The average Bonchev–Trinajstić information content (AvgIpc) is 3.02. The van der Waals surface area contributed by atoms with Gasteiger partial charge in [-0.1, -0.05) is 154 Å². The molecule has 0 aliphatic heterocycles. The molecule has 0 N–H and O–H groups in total. The summed E-state index contributed by atoms with van der Waals surface area (Å²) < 4.78 is 13.2. The van der Waals surface area contributed by atoms with Gasteiger partial charge in [0.05, 0.1) is 19.8 Å². The fourth-order valence-electron chi connectivity index (χ4n) is 4.85. The number of hydrogen-bond acceptors (Lipinski definition) is 6. The minimum Gasteiger partial charge on any atom is -0.466 e. The lowest BCUT2D eigenvalue weighted by molar-refractivity contribution is -0.141. The van der Waals surface area contributed by atoms with Gasteiger partial charge in [-0.2, -0.15) is 0 Å². The summed E-state index contributed by atoms with van der Waals surface area (Å²) in [6.45, 7) is 11.0. The lowest BCUT2D eigenvalue weighted by Gasteiger charge is -2.05. The van der Waals surface area contributed by atoms with E-state index in [1.807, 2.05) is 0 Å². The van der Waals surface area contributed by atoms with Crippen molar-refractivity contribution in [2.75, 3.05) is 19.8 Å². The predicted molar refractivity (Wildman–Crippen MR) is 178 cm³/mol. The molecule has 0 spiro atoms. The topological polar surface area (TPSA) is 78.9 Å². The molecule has 252 valence electrons. The molecule has 0 heterocycles. The summed E-state index contributed by atoms with van der Waals surface area (Å²) in [6, 6.07) is 0. The van der Waals surface area contributed by atoms with Gasteiger partial charge in [0.25, 0.3) is 0 Å². The number of rotatable bonds is 3. The minimum absolute atomic E-state index is 0.211. The third kappa shape index (κ3) is 54.5. The second-order valence-corrected chi connectivity index (χ2v) is 11.3. The van der Waals surface area contributed by atoms with Gasteiger partial charge in [0.15, 0.2) is 0 Å². The molecule has 0 bridgehead atoms. The molecule has 4 aliphatic carbocycles. The van der Waals surface area contributed by atoms with Crippen LogP contribution >= 0.6 is 0 Å². The van der Waals surface area contributed by atoms with Crippen LogP contribution in [0.25, 0.3) is 0 Å². The van der Waals surface area contributed by atoms with Gasteiger partial charge < -0.3 is 14.2 Å². The Balaban J connectivity index is -0.000000422. The maximum atomic E-state index is 9.82. The van der Waals surface area contributed by atoms with Gasteiger partial charge in [-0.25, -0.2) is 0 Å². The molecule has 0 radical (unpaired) electrons. The van der Waals surface area contributed by atoms with Crippen molar-refractivity contribution in [3.05, 3.63) is 0 Å². The summed E-state index contributed by atoms with van der Waals surface area (Å²) in [5.74, 6) is -0.632. The Hall–Kier alpha value is -1.59. The SMILES string of the molecule is C1CCCCC1.C1CCCCC1.C1CCCCC1.C1CCCCC1.CCOC(C)=O.CCOC(C)=O.CCOC(C)=O. The molecule has 6 nitrogen and oxygen atoms in total. The lowest BCUT2D eigenvalue weighted by atomic mass is 10.0. The first-order valence-corrected chi connectivity index (χ1v) is 17.7. The van der Waals surface area contributed by atoms with E-state index in [-0.39, 0.29) is 17.9 Å². The molecule has 42 heavy (non-hydrogen) atoms. The quantitative estimate of drug-likeness (QED) is 0.237. The summed E-state index contributed by atoms with van der Waals surface area (Å²) in [5, 5.41) is 0. The van der Waals surface area contributed by atoms with Gasteiger partial charge in [0.1, 0.15) is 0 Å². The standard InChI is InChI=1S/4C6H12.3C4H8O2/c4*1-2-4-6-5-3-1;3*1-3-6-4(2)5/h4*1-6H2;3*3H2,1-2H3. The monoisotopic (exact) mass is 601 g/mol. The van der Waals surface area contributed by atoms with Crippen molar-refractivity contribution in [2.24, 2.45) is 0 Å². The first kappa shape index (κ1) is 44.8. The summed E-state index contributed by atoms with van der Waals surface area (Å²) in [4.78, 5) is 29.5. The van der Waals surface area contributed by atoms with Gasteiger partial charge in [-0.05, 0) is 20.8 Å². The summed E-state index contributed by atoms with van der Waals surface area (Å²) in [7, 11) is 0. The fourth-order valence-corrected chi connectivity index (χ4v) is 4.85. The van der Waals surface area contributed by atoms with E-state index < -0.39 is 0 Å². The van der Waals surface area contributed by atoms with Crippen molar-refractivity contribution < 1.29 is 28.6 Å². The zero-order valence-corrected chi connectivity index (χ0v) is 29.0. The van der Waals surface area contributed by atoms with Crippen LogP contribution in [0, 0.1) is 0 Å². The van der Waals surface area contributed by atoms with Crippen LogP contribution in [0.1, 0.15) is 196 Å². The summed E-state index contributed by atoms with van der Waals surface area (Å²) in [6.07, 6.45) is 36.0. The molecule has 6 heteroatoms. The number of ether oxygens (including phenoxy) is 3. The minimum atomic E-state index is -0.211. The molecule has 0 aromatic carbocycles. The van der Waals surface area contributed by atoms with Crippen molar-refractivity contribution in [3.63, 3.8) is 0 Å². The first-order valence-electron chi connectivity index (χ1n) is 17.7. The van der Waals surface area contributed by atoms with Crippen LogP contribution in [-0.4, -0.2) is 37.7 Å². The second kappa shape index (κ2) is 41.5. The highest BCUT2D eigenvalue weighted by Gasteiger charge is 1.97. The predicted octanol–water partition coefficient (Wildman–Crippen LogP) is 11.1. The molecule has 0 unspecified atom stereocenters. The van der Waals surface area contributed by atoms with E-state index in [0.717, 1.165) is 0 Å². The van der Waals surface area contributed by atoms with Crippen molar-refractivity contribution >= 4 is 17.9 Å². The number of carbonyl (C=O) groups excluding carboxylic acids is 3. The maximum absolute atomic E-state index is 9.82. The first-order chi connectivity index (χ1) is 20.3. The summed E-state index contributed by atoms with van der Waals surface area (Å²) in [5.41, 5.74) is 0. The van der Waals surface area contributed by atoms with Crippen molar-refractivity contribution in [2.45, 2.75) is 196 Å². The highest BCUT2D eigenvalue weighted by molar-refractivity contribution is 5.66. The number of hydrogen-bond donors (Lipinski definition) is 0. The molecular weight excluding hydrogens is 528 g/mol.